The highest BCUT2D eigenvalue weighted by Crippen LogP contribution is 2.20. The topological polar surface area (TPSA) is 92.7 Å². The largest absolute Gasteiger partial charge is 0.489 e. The van der Waals surface area contributed by atoms with Crippen LogP contribution in [0.3, 0.4) is 0 Å². The number of ether oxygens (including phenoxy) is 1. The molecule has 164 valence electrons. The van der Waals surface area contributed by atoms with E-state index < -0.39 is 6.10 Å². The van der Waals surface area contributed by atoms with Crippen LogP contribution in [0.5, 0.6) is 5.75 Å². The number of aromatic nitrogens is 1. The summed E-state index contributed by atoms with van der Waals surface area (Å²) in [6, 6.07) is 18.7. The number of benzene rings is 2. The molecule has 0 fully saturated rings. The molecular weight excluding hydrogens is 392 g/mol. The van der Waals surface area contributed by atoms with E-state index in [-0.39, 0.29) is 5.56 Å². The molecule has 1 heterocycles. The zero-order chi connectivity index (χ0) is 22.2. The van der Waals surface area contributed by atoms with Crippen molar-refractivity contribution in [3.63, 3.8) is 0 Å². The number of hydrogen-bond acceptors (Lipinski definition) is 6. The van der Waals surface area contributed by atoms with Gasteiger partial charge in [0.25, 0.3) is 5.56 Å². The van der Waals surface area contributed by atoms with Gasteiger partial charge in [-0.15, -0.1) is 0 Å². The highest BCUT2D eigenvalue weighted by atomic mass is 16.5. The van der Waals surface area contributed by atoms with Crippen LogP contribution in [0.2, 0.25) is 0 Å². The van der Waals surface area contributed by atoms with Crippen molar-refractivity contribution in [3.05, 3.63) is 88.3 Å². The van der Waals surface area contributed by atoms with Crippen molar-refractivity contribution in [2.45, 2.75) is 19.3 Å². The molecule has 0 radical (unpaired) electrons. The molecule has 7 nitrogen and oxygen atoms in total. The fraction of sp³-hybridized carbons (Fsp3) is 0.292. The summed E-state index contributed by atoms with van der Waals surface area (Å²) in [5.41, 5.74) is 9.21. The number of nitrogens with two attached hydrogens (primary N) is 1. The summed E-state index contributed by atoms with van der Waals surface area (Å²) < 4.78 is 7.29. The third-order valence-corrected chi connectivity index (χ3v) is 4.83. The van der Waals surface area contributed by atoms with E-state index >= 15 is 0 Å². The van der Waals surface area contributed by atoms with Crippen LogP contribution in [-0.4, -0.2) is 47.9 Å². The van der Waals surface area contributed by atoms with Gasteiger partial charge >= 0.3 is 0 Å². The van der Waals surface area contributed by atoms with Crippen LogP contribution in [0.25, 0.3) is 5.69 Å². The molecule has 31 heavy (non-hydrogen) atoms. The van der Waals surface area contributed by atoms with E-state index in [9.17, 15) is 9.90 Å². The maximum Gasteiger partial charge on any atom is 0.258 e. The van der Waals surface area contributed by atoms with E-state index in [2.05, 4.69) is 5.32 Å². The number of nitrogens with one attached hydrogen (secondary N) is 1. The molecule has 0 amide bonds. The van der Waals surface area contributed by atoms with Crippen LogP contribution in [0, 0.1) is 0 Å². The van der Waals surface area contributed by atoms with Crippen LogP contribution < -0.4 is 21.3 Å². The van der Waals surface area contributed by atoms with Crippen LogP contribution >= 0.6 is 0 Å². The molecule has 4 N–H and O–H groups in total. The lowest BCUT2D eigenvalue weighted by Crippen LogP contribution is -2.31. The highest BCUT2D eigenvalue weighted by molar-refractivity contribution is 5.56. The minimum absolute atomic E-state index is 0.185. The molecule has 1 atom stereocenters. The number of hydrogen-bond donors (Lipinski definition) is 3. The molecular formula is C24H30N4O3. The first-order chi connectivity index (χ1) is 15.0. The van der Waals surface area contributed by atoms with Crippen molar-refractivity contribution in [3.8, 4) is 11.4 Å². The summed E-state index contributed by atoms with van der Waals surface area (Å²) in [7, 11) is 3.83. The minimum atomic E-state index is -0.494. The van der Waals surface area contributed by atoms with Crippen molar-refractivity contribution in [1.29, 1.82) is 0 Å². The smallest absolute Gasteiger partial charge is 0.258 e. The van der Waals surface area contributed by atoms with E-state index in [0.29, 0.717) is 32.0 Å². The number of rotatable bonds is 10. The van der Waals surface area contributed by atoms with Gasteiger partial charge in [0.1, 0.15) is 12.4 Å². The van der Waals surface area contributed by atoms with Crippen molar-refractivity contribution >= 4 is 5.69 Å². The molecule has 0 aliphatic heterocycles. The lowest BCUT2D eigenvalue weighted by atomic mass is 10.1. The van der Waals surface area contributed by atoms with E-state index in [1.54, 1.807) is 16.8 Å². The molecule has 3 aromatic rings. The van der Waals surface area contributed by atoms with E-state index in [1.807, 2.05) is 67.5 Å². The Balaban J connectivity index is 1.71. The molecule has 0 spiro atoms. The Morgan fingerprint density at radius 3 is 2.58 bits per heavy atom. The van der Waals surface area contributed by atoms with Gasteiger partial charge in [-0.2, -0.15) is 0 Å². The number of anilines is 1. The third-order valence-electron chi connectivity index (χ3n) is 4.83. The zero-order valence-electron chi connectivity index (χ0n) is 18.0. The van der Waals surface area contributed by atoms with Gasteiger partial charge in [0, 0.05) is 43.3 Å². The Bertz CT molecular complexity index is 1030. The van der Waals surface area contributed by atoms with Gasteiger partial charge in [-0.25, -0.2) is 0 Å². The van der Waals surface area contributed by atoms with Gasteiger partial charge in [-0.3, -0.25) is 9.36 Å². The SMILES string of the molecule is CN(C)C[C@H](O)CNc1ccc(-n2ccc(OCc3ccccc3)cc2=O)cc1CN. The summed E-state index contributed by atoms with van der Waals surface area (Å²) >= 11 is 0. The predicted molar refractivity (Wildman–Crippen MR) is 124 cm³/mol. The summed E-state index contributed by atoms with van der Waals surface area (Å²) in [4.78, 5) is 14.6. The Kier molecular flexibility index (Phi) is 7.83. The second kappa shape index (κ2) is 10.8. The van der Waals surface area contributed by atoms with Gasteiger partial charge in [-0.05, 0) is 49.5 Å². The summed E-state index contributed by atoms with van der Waals surface area (Å²) in [6.45, 7) is 1.70. The third kappa shape index (κ3) is 6.42. The van der Waals surface area contributed by atoms with Crippen molar-refractivity contribution < 1.29 is 9.84 Å². The maximum absolute atomic E-state index is 12.7. The van der Waals surface area contributed by atoms with Crippen LogP contribution in [0.4, 0.5) is 5.69 Å². The monoisotopic (exact) mass is 422 g/mol. The number of nitrogens with zero attached hydrogens (tertiary/aromatic N) is 2. The molecule has 0 saturated heterocycles. The first kappa shape index (κ1) is 22.6. The van der Waals surface area contributed by atoms with E-state index in [4.69, 9.17) is 10.5 Å². The molecule has 0 saturated carbocycles. The Morgan fingerprint density at radius 2 is 1.90 bits per heavy atom. The minimum Gasteiger partial charge on any atom is -0.489 e. The summed E-state index contributed by atoms with van der Waals surface area (Å²) in [6.07, 6.45) is 1.21. The average Bonchev–Trinajstić information content (AvgIpc) is 2.76. The molecule has 1 aromatic heterocycles. The molecule has 2 aromatic carbocycles. The first-order valence-electron chi connectivity index (χ1n) is 10.3. The first-order valence-corrected chi connectivity index (χ1v) is 10.3. The van der Waals surface area contributed by atoms with Gasteiger partial charge in [-0.1, -0.05) is 30.3 Å². The summed E-state index contributed by atoms with van der Waals surface area (Å²) in [5.74, 6) is 0.525. The lowest BCUT2D eigenvalue weighted by Gasteiger charge is -2.19. The van der Waals surface area contributed by atoms with Gasteiger partial charge in [0.2, 0.25) is 0 Å². The number of likely N-dealkylation sites (N-methyl/N-ethyl adjacent to an activating group) is 1. The standard InChI is InChI=1S/C24H30N4O3/c1-27(2)16-21(29)15-26-23-9-8-20(12-19(23)14-25)28-11-10-22(13-24(28)30)31-17-18-6-4-3-5-7-18/h3-13,21,26,29H,14-17,25H2,1-2H3/t21-/m1/s1. The number of pyridine rings is 1. The molecule has 0 unspecified atom stereocenters. The average molecular weight is 423 g/mol. The fourth-order valence-electron chi connectivity index (χ4n) is 3.29. The van der Waals surface area contributed by atoms with Crippen LogP contribution in [0.1, 0.15) is 11.1 Å². The Labute approximate surface area is 182 Å². The molecule has 0 aliphatic rings. The van der Waals surface area contributed by atoms with Crippen molar-refractivity contribution in [2.24, 2.45) is 5.73 Å². The van der Waals surface area contributed by atoms with Crippen LogP contribution in [0.15, 0.2) is 71.7 Å². The summed E-state index contributed by atoms with van der Waals surface area (Å²) in [5, 5.41) is 13.3. The van der Waals surface area contributed by atoms with E-state index in [0.717, 1.165) is 22.5 Å². The van der Waals surface area contributed by atoms with Crippen molar-refractivity contribution in [2.75, 3.05) is 32.5 Å². The lowest BCUT2D eigenvalue weighted by molar-refractivity contribution is 0.148. The Hall–Kier alpha value is -3.13. The van der Waals surface area contributed by atoms with Gasteiger partial charge in [0.15, 0.2) is 0 Å². The second-order valence-electron chi connectivity index (χ2n) is 7.69. The van der Waals surface area contributed by atoms with Gasteiger partial charge in [0.05, 0.1) is 6.10 Å². The number of aliphatic hydroxyl groups excluding tert-OH is 1. The molecule has 3 rings (SSSR count). The fourth-order valence-corrected chi connectivity index (χ4v) is 3.29. The Morgan fingerprint density at radius 1 is 1.13 bits per heavy atom. The maximum atomic E-state index is 12.7. The molecule has 0 aliphatic carbocycles. The highest BCUT2D eigenvalue weighted by Gasteiger charge is 2.09. The molecule has 0 bridgehead atoms. The zero-order valence-corrected chi connectivity index (χ0v) is 18.0. The molecule has 7 heteroatoms. The predicted octanol–water partition coefficient (Wildman–Crippen LogP) is 2.21. The van der Waals surface area contributed by atoms with E-state index in [1.165, 1.54) is 6.07 Å². The quantitative estimate of drug-likeness (QED) is 0.464. The normalized spacial score (nSPS) is 12.0. The van der Waals surface area contributed by atoms with Crippen molar-refractivity contribution in [1.82, 2.24) is 9.47 Å². The second-order valence-corrected chi connectivity index (χ2v) is 7.69. The van der Waals surface area contributed by atoms with Gasteiger partial charge < -0.3 is 25.8 Å². The number of aliphatic hydroxyl groups is 1. The van der Waals surface area contributed by atoms with Crippen LogP contribution in [-0.2, 0) is 13.2 Å².